The molecule has 0 aliphatic carbocycles. The van der Waals surface area contributed by atoms with Crippen molar-refractivity contribution in [2.24, 2.45) is 5.14 Å². The molecule has 25 heavy (non-hydrogen) atoms. The van der Waals surface area contributed by atoms with Crippen LogP contribution in [0, 0.1) is 11.6 Å². The third-order valence-corrected chi connectivity index (χ3v) is 4.72. The van der Waals surface area contributed by atoms with E-state index in [1.165, 1.54) is 42.3 Å². The lowest BCUT2D eigenvalue weighted by molar-refractivity contribution is 0.208. The minimum absolute atomic E-state index is 0.0519. The van der Waals surface area contributed by atoms with E-state index in [-0.39, 0.29) is 4.90 Å². The lowest BCUT2D eigenvalue weighted by Crippen LogP contribution is -2.34. The zero-order valence-electron chi connectivity index (χ0n) is 13.5. The molecule has 0 radical (unpaired) electrons. The smallest absolute Gasteiger partial charge is 0.321 e. The highest BCUT2D eigenvalue weighted by Crippen LogP contribution is 2.23. The molecule has 2 amide bonds. The molecule has 0 aromatic heterocycles. The Balaban J connectivity index is 2.16. The molecule has 0 aliphatic rings. The van der Waals surface area contributed by atoms with Gasteiger partial charge in [0.15, 0.2) is 0 Å². The van der Waals surface area contributed by atoms with Gasteiger partial charge >= 0.3 is 6.03 Å². The zero-order chi connectivity index (χ0) is 18.8. The number of halogens is 2. The Labute approximate surface area is 144 Å². The van der Waals surface area contributed by atoms with Crippen LogP contribution in [-0.2, 0) is 10.0 Å². The van der Waals surface area contributed by atoms with Crippen LogP contribution in [0.5, 0.6) is 0 Å². The fourth-order valence-corrected chi connectivity index (χ4v) is 2.66. The normalized spacial score (nSPS) is 12.5. The minimum atomic E-state index is -3.81. The van der Waals surface area contributed by atoms with E-state index in [0.717, 1.165) is 12.1 Å². The minimum Gasteiger partial charge on any atom is -0.321 e. The molecule has 0 spiro atoms. The van der Waals surface area contributed by atoms with Crippen molar-refractivity contribution in [2.45, 2.75) is 17.9 Å². The molecular formula is C16H17F2N3O3S. The first kappa shape index (κ1) is 18.8. The van der Waals surface area contributed by atoms with Gasteiger partial charge in [0.2, 0.25) is 10.0 Å². The van der Waals surface area contributed by atoms with E-state index < -0.39 is 39.4 Å². The monoisotopic (exact) mass is 369 g/mol. The number of nitrogens with one attached hydrogen (secondary N) is 1. The van der Waals surface area contributed by atoms with Crippen molar-refractivity contribution < 1.29 is 22.0 Å². The van der Waals surface area contributed by atoms with E-state index in [1.807, 2.05) is 0 Å². The molecule has 1 atom stereocenters. The third-order valence-electron chi connectivity index (χ3n) is 3.79. The number of hydrogen-bond donors (Lipinski definition) is 2. The molecule has 0 aliphatic heterocycles. The van der Waals surface area contributed by atoms with Crippen molar-refractivity contribution in [2.75, 3.05) is 12.4 Å². The van der Waals surface area contributed by atoms with Gasteiger partial charge in [0, 0.05) is 7.05 Å². The van der Waals surface area contributed by atoms with Gasteiger partial charge in [0.25, 0.3) is 0 Å². The number of sulfonamides is 1. The highest BCUT2D eigenvalue weighted by molar-refractivity contribution is 7.89. The van der Waals surface area contributed by atoms with Crippen LogP contribution in [0.3, 0.4) is 0 Å². The summed E-state index contributed by atoms with van der Waals surface area (Å²) in [5.74, 6) is -1.76. The van der Waals surface area contributed by atoms with E-state index in [4.69, 9.17) is 5.14 Å². The van der Waals surface area contributed by atoms with E-state index >= 15 is 0 Å². The fourth-order valence-electron chi connectivity index (χ4n) is 2.15. The predicted octanol–water partition coefficient (Wildman–Crippen LogP) is 2.84. The number of carbonyl (C=O) groups excluding carboxylic acids is 1. The van der Waals surface area contributed by atoms with E-state index in [1.54, 1.807) is 6.92 Å². The van der Waals surface area contributed by atoms with Gasteiger partial charge in [-0.3, -0.25) is 0 Å². The Morgan fingerprint density at radius 1 is 1.12 bits per heavy atom. The van der Waals surface area contributed by atoms with E-state index in [9.17, 15) is 22.0 Å². The van der Waals surface area contributed by atoms with E-state index in [0.29, 0.717) is 5.56 Å². The molecule has 6 nitrogen and oxygen atoms in total. The highest BCUT2D eigenvalue weighted by atomic mass is 32.2. The predicted molar refractivity (Wildman–Crippen MR) is 89.4 cm³/mol. The summed E-state index contributed by atoms with van der Waals surface area (Å²) in [5.41, 5.74) is 0.0928. The van der Waals surface area contributed by atoms with Crippen molar-refractivity contribution in [1.29, 1.82) is 0 Å². The number of hydrogen-bond acceptors (Lipinski definition) is 3. The Bertz CT molecular complexity index is 866. The standard InChI is InChI=1S/C16H17F2N3O3S/c1-10(11-6-8-12(9-7-11)25(19,23)24)21(2)16(22)20-15-13(17)4-3-5-14(15)18/h3-10H,1-2H3,(H,20,22)(H2,19,23,24). The van der Waals surface area contributed by atoms with Gasteiger partial charge in [-0.1, -0.05) is 18.2 Å². The Morgan fingerprint density at radius 2 is 1.64 bits per heavy atom. The number of para-hydroxylation sites is 1. The number of anilines is 1. The number of amides is 2. The number of benzene rings is 2. The second kappa shape index (κ2) is 7.16. The zero-order valence-corrected chi connectivity index (χ0v) is 14.3. The van der Waals surface area contributed by atoms with Gasteiger partial charge in [-0.25, -0.2) is 27.1 Å². The molecule has 0 heterocycles. The van der Waals surface area contributed by atoms with Crippen LogP contribution in [0.4, 0.5) is 19.3 Å². The quantitative estimate of drug-likeness (QED) is 0.868. The molecule has 0 saturated carbocycles. The summed E-state index contributed by atoms with van der Waals surface area (Å²) in [7, 11) is -2.36. The maximum Gasteiger partial charge on any atom is 0.322 e. The van der Waals surface area contributed by atoms with Gasteiger partial charge in [-0.05, 0) is 36.8 Å². The number of primary sulfonamides is 1. The molecule has 2 rings (SSSR count). The summed E-state index contributed by atoms with van der Waals surface area (Å²) in [4.78, 5) is 13.4. The van der Waals surface area contributed by atoms with Crippen LogP contribution in [-0.4, -0.2) is 26.4 Å². The van der Waals surface area contributed by atoms with Crippen LogP contribution < -0.4 is 10.5 Å². The average Bonchev–Trinajstić information content (AvgIpc) is 2.56. The first-order valence-electron chi connectivity index (χ1n) is 7.22. The van der Waals surface area contributed by atoms with Gasteiger partial charge in [0.1, 0.15) is 17.3 Å². The molecule has 134 valence electrons. The summed E-state index contributed by atoms with van der Waals surface area (Å²) in [6.07, 6.45) is 0. The van der Waals surface area contributed by atoms with Crippen molar-refractivity contribution in [3.63, 3.8) is 0 Å². The highest BCUT2D eigenvalue weighted by Gasteiger charge is 2.20. The Hall–Kier alpha value is -2.52. The van der Waals surface area contributed by atoms with Gasteiger partial charge < -0.3 is 10.2 Å². The fraction of sp³-hybridized carbons (Fsp3) is 0.188. The Kier molecular flexibility index (Phi) is 5.39. The van der Waals surface area contributed by atoms with Gasteiger partial charge in [0.05, 0.1) is 10.9 Å². The summed E-state index contributed by atoms with van der Waals surface area (Å²) in [5, 5.41) is 7.22. The number of carbonyl (C=O) groups is 1. The largest absolute Gasteiger partial charge is 0.322 e. The number of nitrogens with two attached hydrogens (primary N) is 1. The van der Waals surface area contributed by atoms with Crippen molar-refractivity contribution in [3.8, 4) is 0 Å². The maximum absolute atomic E-state index is 13.6. The number of nitrogens with zero attached hydrogens (tertiary/aromatic N) is 1. The first-order valence-corrected chi connectivity index (χ1v) is 8.76. The van der Waals surface area contributed by atoms with Crippen LogP contribution in [0.15, 0.2) is 47.4 Å². The molecule has 0 bridgehead atoms. The summed E-state index contributed by atoms with van der Waals surface area (Å²) < 4.78 is 49.7. The third kappa shape index (κ3) is 4.31. The average molecular weight is 369 g/mol. The molecular weight excluding hydrogens is 352 g/mol. The van der Waals surface area contributed by atoms with Crippen LogP contribution in [0.2, 0.25) is 0 Å². The van der Waals surface area contributed by atoms with Crippen LogP contribution in [0.25, 0.3) is 0 Å². The molecule has 1 unspecified atom stereocenters. The van der Waals surface area contributed by atoms with Gasteiger partial charge in [-0.15, -0.1) is 0 Å². The van der Waals surface area contributed by atoms with Crippen molar-refractivity contribution >= 4 is 21.7 Å². The molecule has 9 heteroatoms. The van der Waals surface area contributed by atoms with Gasteiger partial charge in [-0.2, -0.15) is 0 Å². The molecule has 2 aromatic carbocycles. The summed E-state index contributed by atoms with van der Waals surface area (Å²) in [6, 6.07) is 7.74. The lowest BCUT2D eigenvalue weighted by Gasteiger charge is -2.26. The second-order valence-electron chi connectivity index (χ2n) is 5.43. The number of rotatable bonds is 4. The molecule has 0 fully saturated rings. The molecule has 3 N–H and O–H groups in total. The SMILES string of the molecule is CC(c1ccc(S(N)(=O)=O)cc1)N(C)C(=O)Nc1c(F)cccc1F. The Morgan fingerprint density at radius 3 is 2.12 bits per heavy atom. The molecule has 2 aromatic rings. The van der Waals surface area contributed by atoms with E-state index in [2.05, 4.69) is 5.32 Å². The maximum atomic E-state index is 13.6. The topological polar surface area (TPSA) is 92.5 Å². The second-order valence-corrected chi connectivity index (χ2v) is 6.99. The van der Waals surface area contributed by atoms with Crippen LogP contribution >= 0.6 is 0 Å². The molecule has 0 saturated heterocycles. The van der Waals surface area contributed by atoms with Crippen molar-refractivity contribution in [3.05, 3.63) is 59.7 Å². The first-order chi connectivity index (χ1) is 11.6. The van der Waals surface area contributed by atoms with Crippen molar-refractivity contribution in [1.82, 2.24) is 4.90 Å². The lowest BCUT2D eigenvalue weighted by atomic mass is 10.1. The number of urea groups is 1. The summed E-state index contributed by atoms with van der Waals surface area (Å²) >= 11 is 0. The van der Waals surface area contributed by atoms with Crippen LogP contribution in [0.1, 0.15) is 18.5 Å². The summed E-state index contributed by atoms with van der Waals surface area (Å²) in [6.45, 7) is 1.68.